The van der Waals surface area contributed by atoms with Crippen LogP contribution in [0.3, 0.4) is 0 Å². The minimum Gasteiger partial charge on any atom is -0.497 e. The molecule has 2 aromatic carbocycles. The molecule has 3 aromatic rings. The maximum absolute atomic E-state index is 12.5. The van der Waals surface area contributed by atoms with E-state index in [0.29, 0.717) is 23.6 Å². The summed E-state index contributed by atoms with van der Waals surface area (Å²) in [5.74, 6) is 1.07. The highest BCUT2D eigenvalue weighted by atomic mass is 16.6. The number of esters is 1. The van der Waals surface area contributed by atoms with E-state index >= 15 is 0 Å². The molecule has 146 valence electrons. The van der Waals surface area contributed by atoms with E-state index in [9.17, 15) is 4.79 Å². The highest BCUT2D eigenvalue weighted by Crippen LogP contribution is 2.18. The van der Waals surface area contributed by atoms with E-state index in [0.717, 1.165) is 17.0 Å². The number of ether oxygens (including phenoxy) is 3. The zero-order valence-corrected chi connectivity index (χ0v) is 16.3. The van der Waals surface area contributed by atoms with Gasteiger partial charge in [-0.15, -0.1) is 0 Å². The first-order chi connectivity index (χ1) is 13.6. The number of aromatic nitrogens is 2. The molecule has 28 heavy (non-hydrogen) atoms. The van der Waals surface area contributed by atoms with Gasteiger partial charge in [-0.1, -0.05) is 30.3 Å². The molecule has 0 spiro atoms. The minimum atomic E-state index is -0.382. The molecule has 0 aliphatic rings. The summed E-state index contributed by atoms with van der Waals surface area (Å²) in [5, 5.41) is 4.49. The lowest BCUT2D eigenvalue weighted by Crippen LogP contribution is -2.14. The maximum atomic E-state index is 12.5. The quantitative estimate of drug-likeness (QED) is 0.439. The summed E-state index contributed by atoms with van der Waals surface area (Å²) < 4.78 is 17.9. The normalized spacial score (nSPS) is 10.5. The van der Waals surface area contributed by atoms with Gasteiger partial charge in [0, 0.05) is 0 Å². The van der Waals surface area contributed by atoms with Crippen LogP contribution in [0, 0.1) is 13.8 Å². The van der Waals surface area contributed by atoms with Gasteiger partial charge in [0.1, 0.15) is 30.3 Å². The third-order valence-electron chi connectivity index (χ3n) is 4.41. The molecule has 0 fully saturated rings. The van der Waals surface area contributed by atoms with Crippen LogP contribution >= 0.6 is 0 Å². The van der Waals surface area contributed by atoms with Crippen molar-refractivity contribution >= 4 is 5.97 Å². The molecule has 1 aromatic heterocycles. The predicted molar refractivity (Wildman–Crippen MR) is 106 cm³/mol. The van der Waals surface area contributed by atoms with Crippen LogP contribution in [0.5, 0.6) is 11.5 Å². The smallest absolute Gasteiger partial charge is 0.342 e. The van der Waals surface area contributed by atoms with Crippen LogP contribution in [0.4, 0.5) is 0 Å². The molecular formula is C22H24N2O4. The summed E-state index contributed by atoms with van der Waals surface area (Å²) in [6.45, 7) is 4.75. The predicted octanol–water partition coefficient (Wildman–Crippen LogP) is 3.79. The van der Waals surface area contributed by atoms with E-state index < -0.39 is 0 Å². The van der Waals surface area contributed by atoms with Crippen molar-refractivity contribution in [1.82, 2.24) is 9.78 Å². The highest BCUT2D eigenvalue weighted by molar-refractivity contribution is 5.91. The van der Waals surface area contributed by atoms with Gasteiger partial charge in [0.15, 0.2) is 0 Å². The lowest BCUT2D eigenvalue weighted by Gasteiger charge is -2.09. The number of benzene rings is 2. The molecule has 0 N–H and O–H groups in total. The van der Waals surface area contributed by atoms with E-state index in [2.05, 4.69) is 5.10 Å². The molecular weight excluding hydrogens is 356 g/mol. The van der Waals surface area contributed by atoms with Crippen molar-refractivity contribution in [1.29, 1.82) is 0 Å². The maximum Gasteiger partial charge on any atom is 0.342 e. The molecule has 0 saturated carbocycles. The molecule has 0 aliphatic carbocycles. The molecule has 0 bridgehead atoms. The van der Waals surface area contributed by atoms with Crippen molar-refractivity contribution in [3.63, 3.8) is 0 Å². The highest BCUT2D eigenvalue weighted by Gasteiger charge is 2.20. The van der Waals surface area contributed by atoms with Crippen molar-refractivity contribution < 1.29 is 19.0 Å². The first-order valence-electron chi connectivity index (χ1n) is 9.10. The summed E-state index contributed by atoms with van der Waals surface area (Å²) in [7, 11) is 1.61. The van der Waals surface area contributed by atoms with Gasteiger partial charge in [-0.25, -0.2) is 4.79 Å². The third kappa shape index (κ3) is 4.71. The molecule has 1 heterocycles. The second-order valence-corrected chi connectivity index (χ2v) is 6.35. The van der Waals surface area contributed by atoms with E-state index in [1.165, 1.54) is 0 Å². The molecule has 6 heteroatoms. The van der Waals surface area contributed by atoms with Crippen LogP contribution in [0.25, 0.3) is 0 Å². The Morgan fingerprint density at radius 2 is 1.64 bits per heavy atom. The molecule has 0 saturated heterocycles. The molecule has 0 amide bonds. The summed E-state index contributed by atoms with van der Waals surface area (Å²) in [6.07, 6.45) is 0. The molecule has 0 unspecified atom stereocenters. The fraction of sp³-hybridized carbons (Fsp3) is 0.273. The number of methoxy groups -OCH3 is 1. The van der Waals surface area contributed by atoms with Crippen molar-refractivity contribution in [2.75, 3.05) is 20.3 Å². The summed E-state index contributed by atoms with van der Waals surface area (Å²) in [4.78, 5) is 12.5. The van der Waals surface area contributed by atoms with Crippen LogP contribution in [0.1, 0.15) is 27.3 Å². The van der Waals surface area contributed by atoms with E-state index in [1.807, 2.05) is 73.1 Å². The van der Waals surface area contributed by atoms with Crippen LogP contribution in [0.2, 0.25) is 0 Å². The number of rotatable bonds is 8. The number of nitrogens with zero attached hydrogens (tertiary/aromatic N) is 2. The molecule has 3 rings (SSSR count). The summed E-state index contributed by atoms with van der Waals surface area (Å²) in [6, 6.07) is 17.3. The van der Waals surface area contributed by atoms with Crippen LogP contribution < -0.4 is 9.47 Å². The number of hydrogen-bond acceptors (Lipinski definition) is 5. The third-order valence-corrected chi connectivity index (χ3v) is 4.41. The Bertz CT molecular complexity index is 918. The van der Waals surface area contributed by atoms with Crippen LogP contribution in [-0.2, 0) is 11.3 Å². The van der Waals surface area contributed by atoms with Gasteiger partial charge in [-0.2, -0.15) is 5.10 Å². The Hall–Kier alpha value is -3.28. The Morgan fingerprint density at radius 1 is 0.964 bits per heavy atom. The van der Waals surface area contributed by atoms with Crippen molar-refractivity contribution in [3.05, 3.63) is 77.1 Å². The monoisotopic (exact) mass is 380 g/mol. The lowest BCUT2D eigenvalue weighted by atomic mass is 10.2. The number of carbonyl (C=O) groups is 1. The molecule has 6 nitrogen and oxygen atoms in total. The first-order valence-corrected chi connectivity index (χ1v) is 9.10. The van der Waals surface area contributed by atoms with Gasteiger partial charge < -0.3 is 14.2 Å². The van der Waals surface area contributed by atoms with Crippen molar-refractivity contribution in [2.45, 2.75) is 20.4 Å². The molecule has 0 atom stereocenters. The SMILES string of the molecule is COc1ccc(OCCOC(=O)c2c(C)nn(Cc3ccccc3)c2C)cc1. The second kappa shape index (κ2) is 9.08. The average molecular weight is 380 g/mol. The van der Waals surface area contributed by atoms with Gasteiger partial charge in [-0.05, 0) is 43.7 Å². The van der Waals surface area contributed by atoms with E-state index in [4.69, 9.17) is 14.2 Å². The van der Waals surface area contributed by atoms with Gasteiger partial charge in [0.25, 0.3) is 0 Å². The fourth-order valence-corrected chi connectivity index (χ4v) is 2.94. The Kier molecular flexibility index (Phi) is 6.32. The van der Waals surface area contributed by atoms with Gasteiger partial charge >= 0.3 is 5.97 Å². The van der Waals surface area contributed by atoms with Crippen LogP contribution in [0.15, 0.2) is 54.6 Å². The summed E-state index contributed by atoms with van der Waals surface area (Å²) in [5.41, 5.74) is 3.10. The number of aryl methyl sites for hydroxylation is 1. The lowest BCUT2D eigenvalue weighted by molar-refractivity contribution is 0.0448. The average Bonchev–Trinajstić information content (AvgIpc) is 2.99. The zero-order chi connectivity index (χ0) is 19.9. The first kappa shape index (κ1) is 19.5. The molecule has 0 aliphatic heterocycles. The largest absolute Gasteiger partial charge is 0.497 e. The van der Waals surface area contributed by atoms with Crippen molar-refractivity contribution in [3.8, 4) is 11.5 Å². The Morgan fingerprint density at radius 3 is 2.32 bits per heavy atom. The Balaban J connectivity index is 1.55. The number of hydrogen-bond donors (Lipinski definition) is 0. The van der Waals surface area contributed by atoms with Gasteiger partial charge in [-0.3, -0.25) is 4.68 Å². The molecule has 0 radical (unpaired) electrons. The van der Waals surface area contributed by atoms with Gasteiger partial charge in [0.2, 0.25) is 0 Å². The van der Waals surface area contributed by atoms with E-state index in [1.54, 1.807) is 7.11 Å². The standard InChI is InChI=1S/C22H24N2O4/c1-16-21(17(2)24(23-16)15-18-7-5-4-6-8-18)22(25)28-14-13-27-20-11-9-19(26-3)10-12-20/h4-12H,13-15H2,1-3H3. The fourth-order valence-electron chi connectivity index (χ4n) is 2.94. The van der Waals surface area contributed by atoms with Gasteiger partial charge in [0.05, 0.1) is 25.0 Å². The number of carbonyl (C=O) groups excluding carboxylic acids is 1. The topological polar surface area (TPSA) is 62.6 Å². The zero-order valence-electron chi connectivity index (χ0n) is 16.3. The Labute approximate surface area is 164 Å². The van der Waals surface area contributed by atoms with Crippen LogP contribution in [-0.4, -0.2) is 36.1 Å². The second-order valence-electron chi connectivity index (χ2n) is 6.35. The minimum absolute atomic E-state index is 0.160. The summed E-state index contributed by atoms with van der Waals surface area (Å²) >= 11 is 0. The van der Waals surface area contributed by atoms with Crippen molar-refractivity contribution in [2.24, 2.45) is 0 Å². The van der Waals surface area contributed by atoms with E-state index in [-0.39, 0.29) is 19.2 Å².